The first-order valence-electron chi connectivity index (χ1n) is 7.72. The van der Waals surface area contributed by atoms with Crippen molar-refractivity contribution in [2.45, 2.75) is 24.9 Å². The molecule has 110 valence electrons. The minimum absolute atomic E-state index is 0.522. The summed E-state index contributed by atoms with van der Waals surface area (Å²) < 4.78 is 11.0. The van der Waals surface area contributed by atoms with Gasteiger partial charge in [0.1, 0.15) is 0 Å². The maximum Gasteiger partial charge on any atom is 0.0594 e. The summed E-state index contributed by atoms with van der Waals surface area (Å²) in [6.07, 6.45) is 2.46. The molecule has 0 radical (unpaired) electrons. The van der Waals surface area contributed by atoms with Crippen molar-refractivity contribution in [3.8, 4) is 0 Å². The van der Waals surface area contributed by atoms with E-state index in [0.29, 0.717) is 18.0 Å². The van der Waals surface area contributed by atoms with Crippen molar-refractivity contribution in [3.63, 3.8) is 0 Å². The predicted molar refractivity (Wildman–Crippen MR) is 74.1 cm³/mol. The maximum atomic E-state index is 6.03. The molecular weight excluding hydrogens is 242 g/mol. The molecule has 3 unspecified atom stereocenters. The maximum absolute atomic E-state index is 6.03. The Hall–Kier alpha value is -0.200. The number of likely N-dealkylation sites (tertiary alicyclic amines) is 1. The smallest absolute Gasteiger partial charge is 0.0594 e. The van der Waals surface area contributed by atoms with E-state index in [1.54, 1.807) is 0 Å². The van der Waals surface area contributed by atoms with Gasteiger partial charge in [-0.2, -0.15) is 0 Å². The zero-order valence-electron chi connectivity index (χ0n) is 11.8. The van der Waals surface area contributed by atoms with E-state index < -0.39 is 0 Å². The molecule has 19 heavy (non-hydrogen) atoms. The molecular formula is C14H27N3O2. The number of hydrogen-bond acceptors (Lipinski definition) is 5. The number of ether oxygens (including phenoxy) is 2. The van der Waals surface area contributed by atoms with Crippen LogP contribution in [-0.2, 0) is 9.47 Å². The lowest BCUT2D eigenvalue weighted by atomic mass is 9.98. The normalized spacial score (nSPS) is 35.8. The summed E-state index contributed by atoms with van der Waals surface area (Å²) in [6.45, 7) is 8.95. The molecule has 0 amide bonds. The van der Waals surface area contributed by atoms with Crippen LogP contribution in [0.25, 0.3) is 0 Å². The van der Waals surface area contributed by atoms with Gasteiger partial charge in [-0.25, -0.2) is 0 Å². The zero-order chi connectivity index (χ0) is 13.1. The molecule has 0 saturated carbocycles. The SMILES string of the molecule is NCC(C1CCOC1)N1CCC(N2CCOCC2)C1. The number of rotatable bonds is 4. The summed E-state index contributed by atoms with van der Waals surface area (Å²) in [5, 5.41) is 0. The fourth-order valence-electron chi connectivity index (χ4n) is 3.81. The van der Waals surface area contributed by atoms with E-state index in [1.165, 1.54) is 25.9 Å². The molecule has 5 heteroatoms. The van der Waals surface area contributed by atoms with Crippen molar-refractivity contribution in [3.05, 3.63) is 0 Å². The van der Waals surface area contributed by atoms with E-state index in [2.05, 4.69) is 9.80 Å². The van der Waals surface area contributed by atoms with Gasteiger partial charge in [0.2, 0.25) is 0 Å². The van der Waals surface area contributed by atoms with Crippen molar-refractivity contribution in [2.75, 3.05) is 59.2 Å². The van der Waals surface area contributed by atoms with Crippen molar-refractivity contribution in [1.82, 2.24) is 9.80 Å². The molecule has 3 aliphatic heterocycles. The van der Waals surface area contributed by atoms with E-state index >= 15 is 0 Å². The number of morpholine rings is 1. The molecule has 2 N–H and O–H groups in total. The standard InChI is InChI=1S/C14H27N3O2/c15-9-14(12-2-6-19-11-12)17-3-1-13(10-17)16-4-7-18-8-5-16/h12-14H,1-11,15H2. The Morgan fingerprint density at radius 3 is 2.58 bits per heavy atom. The van der Waals surface area contributed by atoms with Crippen LogP contribution in [0.3, 0.4) is 0 Å². The minimum Gasteiger partial charge on any atom is -0.381 e. The highest BCUT2D eigenvalue weighted by molar-refractivity contribution is 4.91. The second-order valence-corrected chi connectivity index (χ2v) is 6.01. The summed E-state index contributed by atoms with van der Waals surface area (Å²) >= 11 is 0. The van der Waals surface area contributed by atoms with Gasteiger partial charge in [0.15, 0.2) is 0 Å². The van der Waals surface area contributed by atoms with Gasteiger partial charge in [-0.05, 0) is 12.8 Å². The Bertz CT molecular complexity index is 278. The topological polar surface area (TPSA) is 51.0 Å². The Labute approximate surface area is 116 Å². The first-order valence-corrected chi connectivity index (χ1v) is 7.72. The Morgan fingerprint density at radius 2 is 1.89 bits per heavy atom. The number of nitrogens with two attached hydrogens (primary N) is 1. The fourth-order valence-corrected chi connectivity index (χ4v) is 3.81. The van der Waals surface area contributed by atoms with Gasteiger partial charge in [-0.1, -0.05) is 0 Å². The second kappa shape index (κ2) is 6.50. The molecule has 3 aliphatic rings. The molecule has 0 aromatic carbocycles. The first kappa shape index (κ1) is 13.8. The highest BCUT2D eigenvalue weighted by Gasteiger charge is 2.36. The van der Waals surface area contributed by atoms with Gasteiger partial charge in [-0.3, -0.25) is 9.80 Å². The van der Waals surface area contributed by atoms with E-state index in [9.17, 15) is 0 Å². The van der Waals surface area contributed by atoms with Gasteiger partial charge >= 0.3 is 0 Å². The van der Waals surface area contributed by atoms with Gasteiger partial charge in [-0.15, -0.1) is 0 Å². The van der Waals surface area contributed by atoms with E-state index in [0.717, 1.165) is 46.1 Å². The van der Waals surface area contributed by atoms with Crippen LogP contribution in [0, 0.1) is 5.92 Å². The van der Waals surface area contributed by atoms with Crippen LogP contribution in [0.5, 0.6) is 0 Å². The lowest BCUT2D eigenvalue weighted by Crippen LogP contribution is -2.48. The van der Waals surface area contributed by atoms with Crippen molar-refractivity contribution in [1.29, 1.82) is 0 Å². The Kier molecular flexibility index (Phi) is 4.71. The zero-order valence-corrected chi connectivity index (χ0v) is 11.8. The molecule has 3 atom stereocenters. The molecule has 0 bridgehead atoms. The summed E-state index contributed by atoms with van der Waals surface area (Å²) in [6, 6.07) is 1.23. The summed E-state index contributed by atoms with van der Waals surface area (Å²) in [5.41, 5.74) is 6.03. The average Bonchev–Trinajstić information content (AvgIpc) is 3.12. The van der Waals surface area contributed by atoms with Gasteiger partial charge in [0, 0.05) is 57.3 Å². The second-order valence-electron chi connectivity index (χ2n) is 6.01. The van der Waals surface area contributed by atoms with Crippen molar-refractivity contribution >= 4 is 0 Å². The number of nitrogens with zero attached hydrogens (tertiary/aromatic N) is 2. The quantitative estimate of drug-likeness (QED) is 0.763. The van der Waals surface area contributed by atoms with Crippen LogP contribution < -0.4 is 5.73 Å². The van der Waals surface area contributed by atoms with Crippen LogP contribution in [0.1, 0.15) is 12.8 Å². The third-order valence-corrected chi connectivity index (χ3v) is 4.98. The molecule has 3 saturated heterocycles. The lowest BCUT2D eigenvalue weighted by Gasteiger charge is -2.34. The highest BCUT2D eigenvalue weighted by Crippen LogP contribution is 2.26. The predicted octanol–water partition coefficient (Wildman–Crippen LogP) is -0.243. The molecule has 0 spiro atoms. The largest absolute Gasteiger partial charge is 0.381 e. The molecule has 5 nitrogen and oxygen atoms in total. The van der Waals surface area contributed by atoms with Crippen LogP contribution in [0.15, 0.2) is 0 Å². The molecule has 3 heterocycles. The van der Waals surface area contributed by atoms with Crippen LogP contribution >= 0.6 is 0 Å². The van der Waals surface area contributed by atoms with Gasteiger partial charge in [0.25, 0.3) is 0 Å². The molecule has 3 rings (SSSR count). The first-order chi connectivity index (χ1) is 9.38. The fraction of sp³-hybridized carbons (Fsp3) is 1.00. The van der Waals surface area contributed by atoms with Gasteiger partial charge in [0.05, 0.1) is 19.8 Å². The van der Waals surface area contributed by atoms with E-state index in [-0.39, 0.29) is 0 Å². The Balaban J connectivity index is 1.54. The van der Waals surface area contributed by atoms with Crippen LogP contribution in [0.4, 0.5) is 0 Å². The van der Waals surface area contributed by atoms with Crippen molar-refractivity contribution < 1.29 is 9.47 Å². The number of hydrogen-bond donors (Lipinski definition) is 1. The summed E-state index contributed by atoms with van der Waals surface area (Å²) in [7, 11) is 0. The van der Waals surface area contributed by atoms with E-state index in [4.69, 9.17) is 15.2 Å². The summed E-state index contributed by atoms with van der Waals surface area (Å²) in [5.74, 6) is 0.647. The third kappa shape index (κ3) is 3.11. The third-order valence-electron chi connectivity index (χ3n) is 4.98. The Morgan fingerprint density at radius 1 is 1.05 bits per heavy atom. The molecule has 3 fully saturated rings. The minimum atomic E-state index is 0.522. The van der Waals surface area contributed by atoms with Gasteiger partial charge < -0.3 is 15.2 Å². The van der Waals surface area contributed by atoms with E-state index in [1.807, 2.05) is 0 Å². The monoisotopic (exact) mass is 269 g/mol. The van der Waals surface area contributed by atoms with Crippen LogP contribution in [-0.4, -0.2) is 81.0 Å². The lowest BCUT2D eigenvalue weighted by molar-refractivity contribution is 0.0168. The average molecular weight is 269 g/mol. The highest BCUT2D eigenvalue weighted by atomic mass is 16.5. The van der Waals surface area contributed by atoms with Crippen LogP contribution in [0.2, 0.25) is 0 Å². The summed E-state index contributed by atoms with van der Waals surface area (Å²) in [4.78, 5) is 5.21. The molecule has 0 aromatic heterocycles. The van der Waals surface area contributed by atoms with Crippen molar-refractivity contribution in [2.24, 2.45) is 11.7 Å². The molecule has 0 aliphatic carbocycles. The molecule has 0 aromatic rings.